The Morgan fingerprint density at radius 2 is 0.929 bits per heavy atom. The molecule has 0 spiro atoms. The summed E-state index contributed by atoms with van der Waals surface area (Å²) in [6, 6.07) is 76.9. The maximum Gasteiger partial charge on any atom is 0.238 e. The normalized spacial score (nSPS) is 12.0. The Labute approximate surface area is 404 Å². The smallest absolute Gasteiger partial charge is 0.238 e. The van der Waals surface area contributed by atoms with Gasteiger partial charge in [0.05, 0.1) is 11.0 Å². The van der Waals surface area contributed by atoms with E-state index < -0.39 is 0 Å². The highest BCUT2D eigenvalue weighted by molar-refractivity contribution is 7.26. The molecule has 15 aromatic rings. The molecule has 0 aliphatic rings. The van der Waals surface area contributed by atoms with E-state index in [0.717, 1.165) is 105 Å². The third-order valence-corrected chi connectivity index (χ3v) is 15.1. The second kappa shape index (κ2) is 15.2. The Balaban J connectivity index is 0.992. The zero-order chi connectivity index (χ0) is 45.9. The Kier molecular flexibility index (Phi) is 8.43. The van der Waals surface area contributed by atoms with Crippen molar-refractivity contribution in [2.24, 2.45) is 0 Å². The van der Waals surface area contributed by atoms with E-state index >= 15 is 0 Å². The SMILES string of the molecule is c1ccc(-c2nc(-c3ccc4c(c3)oc3ccccc34)nc(-n3c4ccc(-c5cccc6c5oc5ccccc56)cc4c4cccc(-c5cccc(-c6cccc7c6sc6ccccc67)c5)c43)n2)cc1. The van der Waals surface area contributed by atoms with Gasteiger partial charge < -0.3 is 8.83 Å². The summed E-state index contributed by atoms with van der Waals surface area (Å²) in [5, 5.41) is 9.03. The van der Waals surface area contributed by atoms with Gasteiger partial charge in [-0.2, -0.15) is 9.97 Å². The van der Waals surface area contributed by atoms with Gasteiger partial charge in [-0.3, -0.25) is 4.57 Å². The van der Waals surface area contributed by atoms with Crippen LogP contribution in [-0.4, -0.2) is 19.5 Å². The van der Waals surface area contributed by atoms with Crippen molar-refractivity contribution < 1.29 is 8.83 Å². The minimum Gasteiger partial charge on any atom is -0.456 e. The number of aromatic nitrogens is 4. The molecule has 0 amide bonds. The van der Waals surface area contributed by atoms with Crippen molar-refractivity contribution in [1.29, 1.82) is 0 Å². The average Bonchev–Trinajstić information content (AvgIpc) is 4.20. The third-order valence-electron chi connectivity index (χ3n) is 13.9. The molecule has 7 heteroatoms. The quantitative estimate of drug-likeness (QED) is 0.166. The lowest BCUT2D eigenvalue weighted by Crippen LogP contribution is -2.07. The zero-order valence-corrected chi connectivity index (χ0v) is 38.1. The van der Waals surface area contributed by atoms with Gasteiger partial charge in [0.15, 0.2) is 11.6 Å². The van der Waals surface area contributed by atoms with Gasteiger partial charge in [0, 0.05) is 74.7 Å². The van der Waals surface area contributed by atoms with Crippen LogP contribution in [0, 0.1) is 0 Å². The van der Waals surface area contributed by atoms with E-state index in [1.54, 1.807) is 0 Å². The summed E-state index contributed by atoms with van der Waals surface area (Å²) in [6.07, 6.45) is 0. The van der Waals surface area contributed by atoms with Gasteiger partial charge in [0.2, 0.25) is 5.95 Å². The lowest BCUT2D eigenvalue weighted by molar-refractivity contribution is 0.669. The third kappa shape index (κ3) is 5.95. The summed E-state index contributed by atoms with van der Waals surface area (Å²) >= 11 is 1.85. The minimum atomic E-state index is 0.513. The molecule has 10 aromatic carbocycles. The van der Waals surface area contributed by atoms with Crippen LogP contribution in [0.3, 0.4) is 0 Å². The van der Waals surface area contributed by atoms with Gasteiger partial charge in [-0.25, -0.2) is 4.98 Å². The molecule has 0 saturated carbocycles. The molecule has 5 heterocycles. The van der Waals surface area contributed by atoms with E-state index in [0.29, 0.717) is 17.6 Å². The second-order valence-corrected chi connectivity index (χ2v) is 18.9. The predicted octanol–water partition coefficient (Wildman–Crippen LogP) is 17.5. The number of fused-ring (bicyclic) bond motifs is 12. The number of nitrogens with zero attached hydrogens (tertiary/aromatic N) is 4. The fraction of sp³-hybridized carbons (Fsp3) is 0. The van der Waals surface area contributed by atoms with Crippen molar-refractivity contribution in [3.05, 3.63) is 218 Å². The highest BCUT2D eigenvalue weighted by atomic mass is 32.1. The van der Waals surface area contributed by atoms with E-state index in [1.165, 1.54) is 25.7 Å². The Morgan fingerprint density at radius 3 is 1.77 bits per heavy atom. The van der Waals surface area contributed by atoms with E-state index in [9.17, 15) is 0 Å². The van der Waals surface area contributed by atoms with Crippen molar-refractivity contribution in [2.75, 3.05) is 0 Å². The summed E-state index contributed by atoms with van der Waals surface area (Å²) < 4.78 is 17.8. The van der Waals surface area contributed by atoms with Crippen LogP contribution in [0.4, 0.5) is 0 Å². The van der Waals surface area contributed by atoms with Gasteiger partial charge in [0.1, 0.15) is 22.3 Å². The fourth-order valence-electron chi connectivity index (χ4n) is 10.7. The first kappa shape index (κ1) is 38.9. The van der Waals surface area contributed by atoms with Gasteiger partial charge in [-0.15, -0.1) is 11.3 Å². The van der Waals surface area contributed by atoms with Crippen molar-refractivity contribution in [1.82, 2.24) is 19.5 Å². The number of hydrogen-bond donors (Lipinski definition) is 0. The van der Waals surface area contributed by atoms with E-state index in [4.69, 9.17) is 23.8 Å². The van der Waals surface area contributed by atoms with Crippen LogP contribution < -0.4 is 0 Å². The summed E-state index contributed by atoms with van der Waals surface area (Å²) in [5.41, 5.74) is 13.7. The summed E-state index contributed by atoms with van der Waals surface area (Å²) in [5.74, 6) is 1.63. The molecule has 6 nitrogen and oxygen atoms in total. The molecule has 5 aromatic heterocycles. The fourth-order valence-corrected chi connectivity index (χ4v) is 11.9. The number of furan rings is 2. The standard InChI is InChI=1S/C63H36N4O2S/c1-2-14-37(15-3-1)61-64-62(41-30-32-47-45-18-4-7-27-54(45)68-56(47)36-41)66-63(65-61)67-53-33-31-40(43-22-12-25-50-46-19-5-8-28-55(46)69-59(43)50)35-52(53)49-24-11-21-42(58(49)67)38-16-10-17-39(34-38)44-23-13-26-51-48-20-6-9-29-57(48)70-60(44)51/h1-36H. The lowest BCUT2D eigenvalue weighted by Gasteiger charge is -2.14. The van der Waals surface area contributed by atoms with Gasteiger partial charge in [0.25, 0.3) is 0 Å². The van der Waals surface area contributed by atoms with Crippen LogP contribution in [0.1, 0.15) is 0 Å². The first-order chi connectivity index (χ1) is 34.7. The molecule has 0 fully saturated rings. The van der Waals surface area contributed by atoms with Crippen molar-refractivity contribution >= 4 is 97.2 Å². The molecule has 0 saturated heterocycles. The van der Waals surface area contributed by atoms with E-state index in [-0.39, 0.29) is 0 Å². The van der Waals surface area contributed by atoms with Gasteiger partial charge in [-0.1, -0.05) is 170 Å². The Bertz CT molecular complexity index is 4620. The van der Waals surface area contributed by atoms with Crippen LogP contribution in [0.5, 0.6) is 0 Å². The highest BCUT2D eigenvalue weighted by Crippen LogP contribution is 2.44. The van der Waals surface area contributed by atoms with Crippen molar-refractivity contribution in [3.63, 3.8) is 0 Å². The molecule has 0 N–H and O–H groups in total. The largest absolute Gasteiger partial charge is 0.456 e. The average molecular weight is 913 g/mol. The van der Waals surface area contributed by atoms with Crippen LogP contribution in [0.2, 0.25) is 0 Å². The van der Waals surface area contributed by atoms with E-state index in [2.05, 4.69) is 168 Å². The van der Waals surface area contributed by atoms with Crippen LogP contribution in [0.25, 0.3) is 148 Å². The molecule has 0 aliphatic heterocycles. The number of thiophene rings is 1. The van der Waals surface area contributed by atoms with Crippen LogP contribution in [0.15, 0.2) is 227 Å². The summed E-state index contributed by atoms with van der Waals surface area (Å²) in [6.45, 7) is 0. The number of hydrogen-bond acceptors (Lipinski definition) is 6. The maximum atomic E-state index is 6.60. The highest BCUT2D eigenvalue weighted by Gasteiger charge is 2.23. The number of para-hydroxylation sites is 4. The van der Waals surface area contributed by atoms with Crippen LogP contribution in [-0.2, 0) is 0 Å². The number of benzene rings is 10. The van der Waals surface area contributed by atoms with Gasteiger partial charge >= 0.3 is 0 Å². The Morgan fingerprint density at radius 1 is 0.343 bits per heavy atom. The summed E-state index contributed by atoms with van der Waals surface area (Å²) in [4.78, 5) is 16.0. The molecule has 326 valence electrons. The molecule has 0 unspecified atom stereocenters. The molecule has 0 radical (unpaired) electrons. The maximum absolute atomic E-state index is 6.60. The summed E-state index contributed by atoms with van der Waals surface area (Å²) in [7, 11) is 0. The first-order valence-electron chi connectivity index (χ1n) is 23.4. The number of rotatable bonds is 6. The molecule has 70 heavy (non-hydrogen) atoms. The first-order valence-corrected chi connectivity index (χ1v) is 24.2. The predicted molar refractivity (Wildman–Crippen MR) is 289 cm³/mol. The lowest BCUT2D eigenvalue weighted by atomic mass is 9.96. The molecule has 15 rings (SSSR count). The second-order valence-electron chi connectivity index (χ2n) is 17.9. The molecule has 0 bridgehead atoms. The molecule has 0 aliphatic carbocycles. The van der Waals surface area contributed by atoms with Crippen molar-refractivity contribution in [3.8, 4) is 62.1 Å². The van der Waals surface area contributed by atoms with Gasteiger partial charge in [-0.05, 0) is 70.8 Å². The Hall–Kier alpha value is -9.17. The zero-order valence-electron chi connectivity index (χ0n) is 37.3. The van der Waals surface area contributed by atoms with E-state index in [1.807, 2.05) is 65.9 Å². The van der Waals surface area contributed by atoms with Crippen LogP contribution >= 0.6 is 11.3 Å². The van der Waals surface area contributed by atoms with Crippen molar-refractivity contribution in [2.45, 2.75) is 0 Å². The molecular formula is C63H36N4O2S. The molecule has 0 atom stereocenters. The molecular weight excluding hydrogens is 877 g/mol. The topological polar surface area (TPSA) is 69.9 Å². The minimum absolute atomic E-state index is 0.513. The monoisotopic (exact) mass is 912 g/mol.